The van der Waals surface area contributed by atoms with Gasteiger partial charge in [-0.3, -0.25) is 10.1 Å². The molecule has 0 unspecified atom stereocenters. The van der Waals surface area contributed by atoms with Crippen LogP contribution >= 0.6 is 0 Å². The first-order valence-electron chi connectivity index (χ1n) is 4.39. The molecule has 0 fully saturated rings. The highest BCUT2D eigenvalue weighted by Crippen LogP contribution is 1.94. The van der Waals surface area contributed by atoms with Gasteiger partial charge in [0.25, 0.3) is 5.56 Å². The maximum atomic E-state index is 11.2. The number of amides is 2. The number of nitrogens with one attached hydrogen (secondary N) is 4. The molecule has 0 atom stereocenters. The van der Waals surface area contributed by atoms with E-state index in [2.05, 4.69) is 25.9 Å². The molecule has 1 rings (SSSR count). The predicted octanol–water partition coefficient (Wildman–Crippen LogP) is -0.623. The average molecular weight is 211 g/mol. The molecule has 0 aliphatic heterocycles. The molecule has 82 valence electrons. The number of rotatable bonds is 3. The molecular weight excluding hydrogens is 198 g/mol. The third kappa shape index (κ3) is 3.77. The monoisotopic (exact) mass is 211 g/mol. The number of hydrogen-bond donors (Lipinski definition) is 4. The molecule has 0 saturated heterocycles. The summed E-state index contributed by atoms with van der Waals surface area (Å²) >= 11 is 0. The number of H-pyrrole nitrogens is 1. The molecule has 0 aliphatic carbocycles. The summed E-state index contributed by atoms with van der Waals surface area (Å²) < 4.78 is 0. The van der Waals surface area contributed by atoms with Crippen LogP contribution in [0.25, 0.3) is 0 Å². The highest BCUT2D eigenvalue weighted by molar-refractivity contribution is 5.87. The summed E-state index contributed by atoms with van der Waals surface area (Å²) in [7, 11) is 1.70. The van der Waals surface area contributed by atoms with Crippen molar-refractivity contribution in [1.29, 1.82) is 0 Å². The smallest absolute Gasteiger partial charge is 0.322 e. The lowest BCUT2D eigenvalue weighted by Gasteiger charge is -2.06. The van der Waals surface area contributed by atoms with Crippen LogP contribution in [-0.2, 0) is 0 Å². The van der Waals surface area contributed by atoms with E-state index in [1.165, 1.54) is 6.07 Å². The molecule has 2 amide bonds. The van der Waals surface area contributed by atoms with Crippen molar-refractivity contribution in [3.05, 3.63) is 22.1 Å². The average Bonchev–Trinajstić information content (AvgIpc) is 2.13. The van der Waals surface area contributed by atoms with E-state index in [-0.39, 0.29) is 5.95 Å². The Morgan fingerprint density at radius 3 is 2.93 bits per heavy atom. The number of aromatic amines is 1. The molecule has 0 radical (unpaired) electrons. The molecule has 7 nitrogen and oxygen atoms in total. The quantitative estimate of drug-likeness (QED) is 0.500. The Labute approximate surface area is 86.3 Å². The van der Waals surface area contributed by atoms with E-state index in [9.17, 15) is 9.59 Å². The molecular formula is C8H13N5O2. The van der Waals surface area contributed by atoms with Crippen molar-refractivity contribution in [2.45, 2.75) is 6.92 Å². The number of anilines is 1. The van der Waals surface area contributed by atoms with Crippen LogP contribution in [0, 0.1) is 6.92 Å². The number of nitrogens with zero attached hydrogens (tertiary/aromatic N) is 1. The standard InChI is InChI=1S/C8H13N5O2/c1-5-3-6(14)12-7(11-5)13-8(15)10-4-9-2/h3,9H,4H2,1-2H3,(H3,10,11,12,13,14,15). The molecule has 1 aromatic rings. The second-order valence-electron chi connectivity index (χ2n) is 2.91. The van der Waals surface area contributed by atoms with Crippen molar-refractivity contribution in [2.75, 3.05) is 19.0 Å². The second kappa shape index (κ2) is 5.11. The van der Waals surface area contributed by atoms with Crippen LogP contribution < -0.4 is 21.5 Å². The third-order valence-corrected chi connectivity index (χ3v) is 1.54. The van der Waals surface area contributed by atoms with E-state index >= 15 is 0 Å². The van der Waals surface area contributed by atoms with E-state index in [1.54, 1.807) is 14.0 Å². The van der Waals surface area contributed by atoms with Gasteiger partial charge in [-0.2, -0.15) is 4.98 Å². The number of hydrogen-bond acceptors (Lipinski definition) is 4. The fourth-order valence-corrected chi connectivity index (χ4v) is 0.958. The first-order chi connectivity index (χ1) is 7.11. The SMILES string of the molecule is CNCNC(=O)Nc1nc(=O)cc(C)[nH]1. The van der Waals surface area contributed by atoms with Crippen LogP contribution in [0.15, 0.2) is 10.9 Å². The molecule has 1 heterocycles. The molecule has 0 aliphatic rings. The van der Waals surface area contributed by atoms with Gasteiger partial charge < -0.3 is 15.6 Å². The number of carbonyl (C=O) groups is 1. The molecule has 4 N–H and O–H groups in total. The minimum absolute atomic E-state index is 0.133. The Bertz CT molecular complexity index is 400. The van der Waals surface area contributed by atoms with Gasteiger partial charge in [-0.05, 0) is 14.0 Å². The Balaban J connectivity index is 2.64. The zero-order valence-corrected chi connectivity index (χ0v) is 8.55. The lowest BCUT2D eigenvalue weighted by molar-refractivity contribution is 0.251. The maximum absolute atomic E-state index is 11.2. The molecule has 15 heavy (non-hydrogen) atoms. The van der Waals surface area contributed by atoms with Crippen LogP contribution in [0.5, 0.6) is 0 Å². The van der Waals surface area contributed by atoms with E-state index in [0.717, 1.165) is 0 Å². The summed E-state index contributed by atoms with van der Waals surface area (Å²) in [5.41, 5.74) is 0.245. The Morgan fingerprint density at radius 2 is 2.33 bits per heavy atom. The van der Waals surface area contributed by atoms with Crippen molar-refractivity contribution in [3.63, 3.8) is 0 Å². The van der Waals surface area contributed by atoms with E-state index in [4.69, 9.17) is 0 Å². The number of aromatic nitrogens is 2. The number of carbonyl (C=O) groups excluding carboxylic acids is 1. The lowest BCUT2D eigenvalue weighted by Crippen LogP contribution is -2.36. The van der Waals surface area contributed by atoms with E-state index in [1.807, 2.05) is 0 Å². The van der Waals surface area contributed by atoms with Crippen LogP contribution in [0.4, 0.5) is 10.7 Å². The molecule has 0 saturated carbocycles. The Kier molecular flexibility index (Phi) is 3.81. The third-order valence-electron chi connectivity index (χ3n) is 1.54. The number of aryl methyl sites for hydroxylation is 1. The van der Waals surface area contributed by atoms with Gasteiger partial charge in [0.05, 0.1) is 6.67 Å². The van der Waals surface area contributed by atoms with Crippen molar-refractivity contribution < 1.29 is 4.79 Å². The van der Waals surface area contributed by atoms with Crippen LogP contribution in [-0.4, -0.2) is 29.7 Å². The van der Waals surface area contributed by atoms with Crippen molar-refractivity contribution in [3.8, 4) is 0 Å². The largest absolute Gasteiger partial charge is 0.329 e. The normalized spacial score (nSPS) is 9.73. The first-order valence-corrected chi connectivity index (χ1v) is 4.39. The summed E-state index contributed by atoms with van der Waals surface area (Å²) in [6, 6.07) is 0.912. The van der Waals surface area contributed by atoms with Crippen LogP contribution in [0.2, 0.25) is 0 Å². The van der Waals surface area contributed by atoms with Crippen LogP contribution in [0.3, 0.4) is 0 Å². The van der Waals surface area contributed by atoms with Crippen molar-refractivity contribution in [2.24, 2.45) is 0 Å². The maximum Gasteiger partial charge on any atom is 0.322 e. The fourth-order valence-electron chi connectivity index (χ4n) is 0.958. The summed E-state index contributed by atoms with van der Waals surface area (Å²) in [5.74, 6) is 0.133. The summed E-state index contributed by atoms with van der Waals surface area (Å²) in [6.07, 6.45) is 0. The van der Waals surface area contributed by atoms with Crippen molar-refractivity contribution in [1.82, 2.24) is 20.6 Å². The molecule has 0 aromatic carbocycles. The zero-order chi connectivity index (χ0) is 11.3. The highest BCUT2D eigenvalue weighted by Gasteiger charge is 2.02. The summed E-state index contributed by atoms with van der Waals surface area (Å²) in [5, 5.41) is 7.64. The molecule has 7 heteroatoms. The minimum Gasteiger partial charge on any atom is -0.329 e. The second-order valence-corrected chi connectivity index (χ2v) is 2.91. The van der Waals surface area contributed by atoms with Crippen molar-refractivity contribution >= 4 is 12.0 Å². The molecule has 0 spiro atoms. The molecule has 1 aromatic heterocycles. The van der Waals surface area contributed by atoms with Gasteiger partial charge in [-0.15, -0.1) is 0 Å². The summed E-state index contributed by atoms with van der Waals surface area (Å²) in [4.78, 5) is 28.5. The lowest BCUT2D eigenvalue weighted by atomic mass is 10.4. The zero-order valence-electron chi connectivity index (χ0n) is 8.55. The molecule has 0 bridgehead atoms. The van der Waals surface area contributed by atoms with E-state index in [0.29, 0.717) is 12.4 Å². The predicted molar refractivity (Wildman–Crippen MR) is 55.7 cm³/mol. The number of urea groups is 1. The van der Waals surface area contributed by atoms with Gasteiger partial charge in [0.1, 0.15) is 0 Å². The van der Waals surface area contributed by atoms with Gasteiger partial charge in [-0.25, -0.2) is 4.79 Å². The topological polar surface area (TPSA) is 98.9 Å². The van der Waals surface area contributed by atoms with Gasteiger partial charge in [-0.1, -0.05) is 0 Å². The van der Waals surface area contributed by atoms with Gasteiger partial charge in [0.15, 0.2) is 0 Å². The Morgan fingerprint density at radius 1 is 1.60 bits per heavy atom. The van der Waals surface area contributed by atoms with E-state index < -0.39 is 11.6 Å². The minimum atomic E-state index is -0.432. The highest BCUT2D eigenvalue weighted by atomic mass is 16.2. The van der Waals surface area contributed by atoms with Gasteiger partial charge in [0, 0.05) is 11.8 Å². The van der Waals surface area contributed by atoms with Gasteiger partial charge >= 0.3 is 6.03 Å². The fraction of sp³-hybridized carbons (Fsp3) is 0.375. The Hall–Kier alpha value is -1.89. The van der Waals surface area contributed by atoms with Gasteiger partial charge in [0.2, 0.25) is 5.95 Å². The first kappa shape index (κ1) is 11.2. The summed E-state index contributed by atoms with van der Waals surface area (Å²) in [6.45, 7) is 2.04. The van der Waals surface area contributed by atoms with Crippen LogP contribution in [0.1, 0.15) is 5.69 Å².